The van der Waals surface area contributed by atoms with Crippen molar-refractivity contribution in [2.75, 3.05) is 26.8 Å². The van der Waals surface area contributed by atoms with Crippen molar-refractivity contribution in [1.82, 2.24) is 5.32 Å². The van der Waals surface area contributed by atoms with Gasteiger partial charge in [0.15, 0.2) is 0 Å². The first kappa shape index (κ1) is 11.7. The van der Waals surface area contributed by atoms with Crippen LogP contribution < -0.4 is 11.1 Å². The van der Waals surface area contributed by atoms with Gasteiger partial charge < -0.3 is 15.8 Å². The third-order valence-electron chi connectivity index (χ3n) is 1.46. The van der Waals surface area contributed by atoms with Crippen LogP contribution in [-0.2, 0) is 4.74 Å². The van der Waals surface area contributed by atoms with Crippen molar-refractivity contribution in [3.63, 3.8) is 0 Å². The molecule has 0 fully saturated rings. The van der Waals surface area contributed by atoms with Crippen molar-refractivity contribution in [3.05, 3.63) is 0 Å². The summed E-state index contributed by atoms with van der Waals surface area (Å²) in [7, 11) is 1.59. The minimum atomic E-state index is -2.42. The van der Waals surface area contributed by atoms with Gasteiger partial charge in [0.2, 0.25) is 0 Å². The van der Waals surface area contributed by atoms with Crippen LogP contribution in [0, 0.1) is 0 Å². The highest BCUT2D eigenvalue weighted by molar-refractivity contribution is 4.64. The van der Waals surface area contributed by atoms with Gasteiger partial charge in [-0.05, 0) is 13.0 Å². The lowest BCUT2D eigenvalue weighted by atomic mass is 10.2. The van der Waals surface area contributed by atoms with Gasteiger partial charge in [-0.1, -0.05) is 0 Å². The molecular weight excluding hydrogens is 166 g/mol. The summed E-state index contributed by atoms with van der Waals surface area (Å²) in [5.74, 6) is 0. The first-order valence-corrected chi connectivity index (χ1v) is 3.92. The smallest absolute Gasteiger partial charge is 0.253 e. The average Bonchev–Trinajstić information content (AvgIpc) is 2.03. The summed E-state index contributed by atoms with van der Waals surface area (Å²) in [6, 6.07) is -1.01. The molecule has 5 heteroatoms. The quantitative estimate of drug-likeness (QED) is 0.553. The second kappa shape index (κ2) is 7.39. The predicted molar refractivity (Wildman–Crippen MR) is 43.3 cm³/mol. The number of ether oxygens (including phenoxy) is 1. The number of methoxy groups -OCH3 is 1. The van der Waals surface area contributed by atoms with E-state index in [2.05, 4.69) is 5.32 Å². The second-order valence-electron chi connectivity index (χ2n) is 2.53. The zero-order chi connectivity index (χ0) is 9.40. The van der Waals surface area contributed by atoms with E-state index in [1.54, 1.807) is 7.11 Å². The van der Waals surface area contributed by atoms with Gasteiger partial charge in [-0.3, -0.25) is 0 Å². The van der Waals surface area contributed by atoms with Crippen molar-refractivity contribution in [2.45, 2.75) is 18.9 Å². The standard InChI is InChI=1S/C7H16F2N2O/c1-12-5-4-11-3-2-6(10)7(8)9/h6-7,11H,2-5,10H2,1H3. The lowest BCUT2D eigenvalue weighted by Crippen LogP contribution is -2.33. The number of nitrogens with two attached hydrogens (primary N) is 1. The number of nitrogens with one attached hydrogen (secondary N) is 1. The Bertz CT molecular complexity index is 103. The topological polar surface area (TPSA) is 47.3 Å². The first-order chi connectivity index (χ1) is 5.68. The summed E-state index contributed by atoms with van der Waals surface area (Å²) < 4.78 is 28.4. The van der Waals surface area contributed by atoms with Gasteiger partial charge in [0.05, 0.1) is 12.6 Å². The molecule has 1 atom stereocenters. The fraction of sp³-hybridized carbons (Fsp3) is 1.00. The van der Waals surface area contributed by atoms with Crippen LogP contribution >= 0.6 is 0 Å². The molecule has 0 saturated heterocycles. The minimum absolute atomic E-state index is 0.293. The monoisotopic (exact) mass is 182 g/mol. The van der Waals surface area contributed by atoms with Crippen LogP contribution in [0.5, 0.6) is 0 Å². The third kappa shape index (κ3) is 6.45. The Morgan fingerprint density at radius 1 is 1.42 bits per heavy atom. The number of hydrogen-bond donors (Lipinski definition) is 2. The number of hydrogen-bond acceptors (Lipinski definition) is 3. The highest BCUT2D eigenvalue weighted by atomic mass is 19.3. The molecule has 0 aromatic rings. The zero-order valence-electron chi connectivity index (χ0n) is 7.22. The van der Waals surface area contributed by atoms with E-state index in [4.69, 9.17) is 10.5 Å². The molecule has 74 valence electrons. The van der Waals surface area contributed by atoms with Crippen LogP contribution in [0.4, 0.5) is 8.78 Å². The van der Waals surface area contributed by atoms with Crippen molar-refractivity contribution in [3.8, 4) is 0 Å². The summed E-state index contributed by atoms with van der Waals surface area (Å²) in [5.41, 5.74) is 5.11. The maximum atomic E-state index is 11.8. The molecule has 0 aromatic carbocycles. The maximum Gasteiger partial charge on any atom is 0.253 e. The van der Waals surface area contributed by atoms with Crippen molar-refractivity contribution in [1.29, 1.82) is 0 Å². The summed E-state index contributed by atoms with van der Waals surface area (Å²) in [6.07, 6.45) is -2.13. The number of halogens is 2. The molecular formula is C7H16F2N2O. The van der Waals surface area contributed by atoms with Gasteiger partial charge in [0.25, 0.3) is 6.43 Å². The molecule has 0 aliphatic carbocycles. The fourth-order valence-corrected chi connectivity index (χ4v) is 0.694. The molecule has 0 aliphatic rings. The summed E-state index contributed by atoms with van der Waals surface area (Å²) in [5, 5.41) is 2.93. The molecule has 0 heterocycles. The predicted octanol–water partition coefficient (Wildman–Crippen LogP) is 0.205. The van der Waals surface area contributed by atoms with Crippen molar-refractivity contribution >= 4 is 0 Å². The van der Waals surface area contributed by atoms with Gasteiger partial charge in [0, 0.05) is 13.7 Å². The molecule has 0 amide bonds. The van der Waals surface area contributed by atoms with Gasteiger partial charge in [0.1, 0.15) is 0 Å². The highest BCUT2D eigenvalue weighted by Gasteiger charge is 2.13. The van der Waals surface area contributed by atoms with E-state index in [0.29, 0.717) is 26.1 Å². The Hall–Kier alpha value is -0.260. The first-order valence-electron chi connectivity index (χ1n) is 3.92. The molecule has 3 N–H and O–H groups in total. The molecule has 0 bridgehead atoms. The summed E-state index contributed by atoms with van der Waals surface area (Å²) in [4.78, 5) is 0. The molecule has 0 aromatic heterocycles. The van der Waals surface area contributed by atoms with Gasteiger partial charge in [-0.2, -0.15) is 0 Å². The zero-order valence-corrected chi connectivity index (χ0v) is 7.22. The normalized spacial score (nSPS) is 13.8. The molecule has 0 spiro atoms. The SMILES string of the molecule is COCCNCCC(N)C(F)F. The Morgan fingerprint density at radius 3 is 2.58 bits per heavy atom. The van der Waals surface area contributed by atoms with Crippen LogP contribution in [-0.4, -0.2) is 39.3 Å². The third-order valence-corrected chi connectivity index (χ3v) is 1.46. The Morgan fingerprint density at radius 2 is 2.08 bits per heavy atom. The fourth-order valence-electron chi connectivity index (χ4n) is 0.694. The van der Waals surface area contributed by atoms with Crippen LogP contribution in [0.3, 0.4) is 0 Å². The van der Waals surface area contributed by atoms with Crippen LogP contribution in [0.1, 0.15) is 6.42 Å². The average molecular weight is 182 g/mol. The molecule has 1 unspecified atom stereocenters. The van der Waals surface area contributed by atoms with E-state index in [1.807, 2.05) is 0 Å². The minimum Gasteiger partial charge on any atom is -0.383 e. The van der Waals surface area contributed by atoms with Crippen LogP contribution in [0.15, 0.2) is 0 Å². The molecule has 0 rings (SSSR count). The molecule has 0 saturated carbocycles. The molecule has 0 radical (unpaired) electrons. The van der Waals surface area contributed by atoms with E-state index in [-0.39, 0.29) is 0 Å². The van der Waals surface area contributed by atoms with E-state index in [0.717, 1.165) is 0 Å². The van der Waals surface area contributed by atoms with E-state index in [9.17, 15) is 8.78 Å². The van der Waals surface area contributed by atoms with E-state index < -0.39 is 12.5 Å². The molecule has 12 heavy (non-hydrogen) atoms. The van der Waals surface area contributed by atoms with Gasteiger partial charge in [-0.25, -0.2) is 8.78 Å². The largest absolute Gasteiger partial charge is 0.383 e. The Kier molecular flexibility index (Phi) is 7.23. The van der Waals surface area contributed by atoms with Crippen LogP contribution in [0.2, 0.25) is 0 Å². The highest BCUT2D eigenvalue weighted by Crippen LogP contribution is 2.00. The van der Waals surface area contributed by atoms with E-state index in [1.165, 1.54) is 0 Å². The maximum absolute atomic E-state index is 11.8. The van der Waals surface area contributed by atoms with Crippen molar-refractivity contribution in [2.24, 2.45) is 5.73 Å². The summed E-state index contributed by atoms with van der Waals surface area (Å²) in [6.45, 7) is 1.77. The lowest BCUT2D eigenvalue weighted by Gasteiger charge is -2.10. The van der Waals surface area contributed by atoms with E-state index >= 15 is 0 Å². The van der Waals surface area contributed by atoms with Gasteiger partial charge in [-0.15, -0.1) is 0 Å². The summed E-state index contributed by atoms with van der Waals surface area (Å²) >= 11 is 0. The molecule has 3 nitrogen and oxygen atoms in total. The Balaban J connectivity index is 3.08. The van der Waals surface area contributed by atoms with Crippen molar-refractivity contribution < 1.29 is 13.5 Å². The van der Waals surface area contributed by atoms with Crippen LogP contribution in [0.25, 0.3) is 0 Å². The second-order valence-corrected chi connectivity index (χ2v) is 2.53. The Labute approximate surface area is 71.3 Å². The molecule has 0 aliphatic heterocycles. The van der Waals surface area contributed by atoms with Gasteiger partial charge >= 0.3 is 0 Å². The lowest BCUT2D eigenvalue weighted by molar-refractivity contribution is 0.111. The number of rotatable bonds is 7. The number of alkyl halides is 2.